The van der Waals surface area contributed by atoms with Crippen molar-refractivity contribution in [3.8, 4) is 0 Å². The van der Waals surface area contributed by atoms with Crippen LogP contribution in [0.25, 0.3) is 0 Å². The van der Waals surface area contributed by atoms with Crippen molar-refractivity contribution >= 4 is 0 Å². The van der Waals surface area contributed by atoms with E-state index in [0.717, 1.165) is 12.5 Å². The zero-order chi connectivity index (χ0) is 14.4. The molecular weight excluding hydrogens is 240 g/mol. The van der Waals surface area contributed by atoms with Gasteiger partial charge >= 0.3 is 0 Å². The highest BCUT2D eigenvalue weighted by Crippen LogP contribution is 2.07. The zero-order valence-electron chi connectivity index (χ0n) is 12.0. The minimum atomic E-state index is -2.12. The van der Waals surface area contributed by atoms with E-state index in [0.29, 0.717) is 0 Å². The normalized spacial score (nSPS) is 13.3. The van der Waals surface area contributed by atoms with E-state index in [9.17, 15) is 0 Å². The smallest absolute Gasteiger partial charge is 0.207 e. The Morgan fingerprint density at radius 2 is 1.47 bits per heavy atom. The van der Waals surface area contributed by atoms with E-state index < -0.39 is 12.4 Å². The largest absolute Gasteiger partial charge is 0.390 e. The van der Waals surface area contributed by atoms with Crippen LogP contribution in [-0.2, 0) is 0 Å². The van der Waals surface area contributed by atoms with Gasteiger partial charge in [-0.1, -0.05) is 69.4 Å². The summed E-state index contributed by atoms with van der Waals surface area (Å²) in [7, 11) is 0. The standard InChI is InChI=1S/C16H28O3/c1-2-3-4-5-6-7-8-9-10-11-12-13-14-16(18,19)15-17/h9-14,17-19H,2-8,15H2,1H3. The van der Waals surface area contributed by atoms with Crippen molar-refractivity contribution in [2.45, 2.75) is 57.7 Å². The second-order valence-corrected chi connectivity index (χ2v) is 4.77. The number of unbranched alkanes of at least 4 members (excludes halogenated alkanes) is 6. The first-order chi connectivity index (χ1) is 9.12. The molecule has 0 aromatic carbocycles. The van der Waals surface area contributed by atoms with E-state index in [-0.39, 0.29) is 0 Å². The monoisotopic (exact) mass is 268 g/mol. The van der Waals surface area contributed by atoms with Gasteiger partial charge in [-0.25, -0.2) is 0 Å². The molecule has 0 saturated heterocycles. The molecule has 0 unspecified atom stereocenters. The highest BCUT2D eigenvalue weighted by molar-refractivity contribution is 5.13. The highest BCUT2D eigenvalue weighted by Gasteiger charge is 2.15. The molecule has 3 heteroatoms. The SMILES string of the molecule is CCCCCCCCC=CC=CC=CC(O)(O)CO. The van der Waals surface area contributed by atoms with Crippen molar-refractivity contribution in [2.75, 3.05) is 6.61 Å². The van der Waals surface area contributed by atoms with Gasteiger partial charge < -0.3 is 15.3 Å². The molecular formula is C16H28O3. The Morgan fingerprint density at radius 1 is 0.842 bits per heavy atom. The van der Waals surface area contributed by atoms with Crippen LogP contribution in [-0.4, -0.2) is 27.7 Å². The Hall–Kier alpha value is -0.900. The minimum absolute atomic E-state index is 0.703. The van der Waals surface area contributed by atoms with Gasteiger partial charge in [0.05, 0.1) is 0 Å². The third kappa shape index (κ3) is 13.3. The van der Waals surface area contributed by atoms with Gasteiger partial charge in [-0.05, 0) is 18.9 Å². The van der Waals surface area contributed by atoms with Crippen molar-refractivity contribution in [3.63, 3.8) is 0 Å². The van der Waals surface area contributed by atoms with Gasteiger partial charge in [0.1, 0.15) is 6.61 Å². The number of aliphatic hydroxyl groups is 3. The predicted octanol–water partition coefficient (Wildman–Crippen LogP) is 3.08. The molecule has 0 heterocycles. The topological polar surface area (TPSA) is 60.7 Å². The molecule has 3 N–H and O–H groups in total. The van der Waals surface area contributed by atoms with Gasteiger partial charge in [0.2, 0.25) is 5.79 Å². The van der Waals surface area contributed by atoms with Gasteiger partial charge in [-0.2, -0.15) is 0 Å². The molecule has 110 valence electrons. The summed E-state index contributed by atoms with van der Waals surface area (Å²) in [6.07, 6.45) is 19.2. The van der Waals surface area contributed by atoms with Crippen molar-refractivity contribution in [2.24, 2.45) is 0 Å². The molecule has 0 aliphatic heterocycles. The van der Waals surface area contributed by atoms with Crippen LogP contribution in [0, 0.1) is 0 Å². The van der Waals surface area contributed by atoms with Crippen LogP contribution in [0.2, 0.25) is 0 Å². The molecule has 3 nitrogen and oxygen atoms in total. The predicted molar refractivity (Wildman–Crippen MR) is 79.7 cm³/mol. The number of hydrogen-bond acceptors (Lipinski definition) is 3. The Kier molecular flexibility index (Phi) is 11.6. The van der Waals surface area contributed by atoms with Gasteiger partial charge in [0.25, 0.3) is 0 Å². The number of hydrogen-bond donors (Lipinski definition) is 3. The maximum atomic E-state index is 9.05. The Labute approximate surface area is 117 Å². The quantitative estimate of drug-likeness (QED) is 0.306. The lowest BCUT2D eigenvalue weighted by atomic mass is 10.1. The van der Waals surface area contributed by atoms with Crippen LogP contribution in [0.1, 0.15) is 51.9 Å². The fraction of sp³-hybridized carbons (Fsp3) is 0.625. The minimum Gasteiger partial charge on any atom is -0.390 e. The lowest BCUT2D eigenvalue weighted by Gasteiger charge is -2.11. The van der Waals surface area contributed by atoms with E-state index in [1.54, 1.807) is 6.08 Å². The van der Waals surface area contributed by atoms with Crippen molar-refractivity contribution < 1.29 is 15.3 Å². The van der Waals surface area contributed by atoms with E-state index in [2.05, 4.69) is 13.0 Å². The molecule has 0 aromatic rings. The van der Waals surface area contributed by atoms with Crippen molar-refractivity contribution in [1.82, 2.24) is 0 Å². The van der Waals surface area contributed by atoms with E-state index in [1.165, 1.54) is 44.6 Å². The van der Waals surface area contributed by atoms with Crippen LogP contribution in [0.3, 0.4) is 0 Å². The van der Waals surface area contributed by atoms with E-state index in [4.69, 9.17) is 15.3 Å². The van der Waals surface area contributed by atoms with E-state index in [1.807, 2.05) is 12.2 Å². The molecule has 19 heavy (non-hydrogen) atoms. The van der Waals surface area contributed by atoms with Gasteiger partial charge in [-0.15, -0.1) is 0 Å². The summed E-state index contributed by atoms with van der Waals surface area (Å²) in [5.74, 6) is -2.12. The molecule has 0 aliphatic rings. The molecule has 0 bridgehead atoms. The van der Waals surface area contributed by atoms with Gasteiger partial charge in [0, 0.05) is 0 Å². The molecule has 0 rings (SSSR count). The average Bonchev–Trinajstić information content (AvgIpc) is 2.40. The summed E-state index contributed by atoms with van der Waals surface area (Å²) >= 11 is 0. The lowest BCUT2D eigenvalue weighted by molar-refractivity contribution is -0.146. The molecule has 0 amide bonds. The summed E-state index contributed by atoms with van der Waals surface area (Å²) < 4.78 is 0. The first kappa shape index (κ1) is 18.1. The maximum Gasteiger partial charge on any atom is 0.207 e. The van der Waals surface area contributed by atoms with Crippen molar-refractivity contribution in [3.05, 3.63) is 36.5 Å². The Balaban J connectivity index is 3.52. The fourth-order valence-electron chi connectivity index (χ4n) is 1.61. The van der Waals surface area contributed by atoms with E-state index >= 15 is 0 Å². The summed E-state index contributed by atoms with van der Waals surface area (Å²) in [6, 6.07) is 0. The highest BCUT2D eigenvalue weighted by atomic mass is 16.5. The number of allylic oxidation sites excluding steroid dienone is 5. The van der Waals surface area contributed by atoms with Crippen LogP contribution >= 0.6 is 0 Å². The fourth-order valence-corrected chi connectivity index (χ4v) is 1.61. The zero-order valence-corrected chi connectivity index (χ0v) is 12.0. The van der Waals surface area contributed by atoms with Crippen LogP contribution in [0.5, 0.6) is 0 Å². The second kappa shape index (κ2) is 12.2. The molecule has 0 aromatic heterocycles. The molecule has 0 fully saturated rings. The summed E-state index contributed by atoms with van der Waals surface area (Å²) in [5.41, 5.74) is 0. The van der Waals surface area contributed by atoms with Gasteiger partial charge in [-0.3, -0.25) is 0 Å². The molecule has 0 saturated carbocycles. The first-order valence-electron chi connectivity index (χ1n) is 7.19. The third-order valence-electron chi connectivity index (χ3n) is 2.79. The summed E-state index contributed by atoms with van der Waals surface area (Å²) in [4.78, 5) is 0. The Bertz CT molecular complexity index is 278. The number of rotatable bonds is 11. The first-order valence-corrected chi connectivity index (χ1v) is 7.19. The lowest BCUT2D eigenvalue weighted by Crippen LogP contribution is -2.29. The van der Waals surface area contributed by atoms with Crippen LogP contribution < -0.4 is 0 Å². The third-order valence-corrected chi connectivity index (χ3v) is 2.79. The molecule has 0 atom stereocenters. The summed E-state index contributed by atoms with van der Waals surface area (Å²) in [6.45, 7) is 1.52. The van der Waals surface area contributed by atoms with Crippen LogP contribution in [0.15, 0.2) is 36.5 Å². The molecule has 0 radical (unpaired) electrons. The van der Waals surface area contributed by atoms with Gasteiger partial charge in [0.15, 0.2) is 0 Å². The summed E-state index contributed by atoms with van der Waals surface area (Å²) in [5, 5.41) is 26.7. The Morgan fingerprint density at radius 3 is 2.16 bits per heavy atom. The van der Waals surface area contributed by atoms with Crippen LogP contribution in [0.4, 0.5) is 0 Å². The number of aliphatic hydroxyl groups excluding tert-OH is 1. The van der Waals surface area contributed by atoms with Crippen molar-refractivity contribution in [1.29, 1.82) is 0 Å². The molecule has 0 spiro atoms. The molecule has 0 aliphatic carbocycles. The second-order valence-electron chi connectivity index (χ2n) is 4.77. The maximum absolute atomic E-state index is 9.05. The average molecular weight is 268 g/mol.